The quantitative estimate of drug-likeness (QED) is 0.851. The molecular weight excluding hydrogens is 286 g/mol. The van der Waals surface area contributed by atoms with Gasteiger partial charge >= 0.3 is 0 Å². The van der Waals surface area contributed by atoms with Crippen LogP contribution in [0.4, 0.5) is 11.4 Å². The van der Waals surface area contributed by atoms with Gasteiger partial charge in [-0.25, -0.2) is 0 Å². The Labute approximate surface area is 137 Å². The Bertz CT molecular complexity index is 732. The van der Waals surface area contributed by atoms with Crippen molar-refractivity contribution < 1.29 is 4.74 Å². The molecule has 4 nitrogen and oxygen atoms in total. The van der Waals surface area contributed by atoms with Crippen molar-refractivity contribution in [3.05, 3.63) is 66.7 Å². The Morgan fingerprint density at radius 3 is 2.96 bits per heavy atom. The molecule has 0 unspecified atom stereocenters. The third kappa shape index (κ3) is 2.97. The largest absolute Gasteiger partial charge is 0.490 e. The van der Waals surface area contributed by atoms with Crippen molar-refractivity contribution in [1.82, 2.24) is 4.98 Å². The van der Waals surface area contributed by atoms with E-state index in [2.05, 4.69) is 48.3 Å². The van der Waals surface area contributed by atoms with Crippen molar-refractivity contribution in [2.45, 2.75) is 13.5 Å². The molecule has 0 bridgehead atoms. The molecule has 0 spiro atoms. The first-order valence-electron chi connectivity index (χ1n) is 7.79. The number of fused-ring (bicyclic) bond motifs is 1. The lowest BCUT2D eigenvalue weighted by atomic mass is 10.1. The highest BCUT2D eigenvalue weighted by molar-refractivity contribution is 5.69. The van der Waals surface area contributed by atoms with Crippen molar-refractivity contribution in [1.29, 1.82) is 0 Å². The molecule has 1 aliphatic heterocycles. The van der Waals surface area contributed by atoms with Crippen molar-refractivity contribution >= 4 is 11.4 Å². The summed E-state index contributed by atoms with van der Waals surface area (Å²) < 4.78 is 5.81. The van der Waals surface area contributed by atoms with Crippen molar-refractivity contribution in [3.8, 4) is 5.75 Å². The second-order valence-electron chi connectivity index (χ2n) is 5.84. The number of aryl methyl sites for hydroxylation is 1. The van der Waals surface area contributed by atoms with E-state index in [-0.39, 0.29) is 0 Å². The maximum absolute atomic E-state index is 5.81. The van der Waals surface area contributed by atoms with Gasteiger partial charge in [0.25, 0.3) is 0 Å². The van der Waals surface area contributed by atoms with Crippen molar-refractivity contribution in [2.24, 2.45) is 0 Å². The number of benzene rings is 1. The number of hydrogen-bond donors (Lipinski definition) is 1. The fourth-order valence-electron chi connectivity index (χ4n) is 2.79. The van der Waals surface area contributed by atoms with Gasteiger partial charge in [-0.15, -0.1) is 0 Å². The predicted octanol–water partition coefficient (Wildman–Crippen LogP) is 3.86. The minimum atomic E-state index is 0.713. The third-order valence-corrected chi connectivity index (χ3v) is 4.38. The lowest BCUT2D eigenvalue weighted by Gasteiger charge is -2.32. The summed E-state index contributed by atoms with van der Waals surface area (Å²) in [5.41, 5.74) is 5.67. The smallest absolute Gasteiger partial charge is 0.142 e. The maximum Gasteiger partial charge on any atom is 0.142 e. The number of allylic oxidation sites excluding steroid dienone is 1. The van der Waals surface area contributed by atoms with Crippen LogP contribution in [0, 0.1) is 6.92 Å². The van der Waals surface area contributed by atoms with Gasteiger partial charge in [0.15, 0.2) is 0 Å². The van der Waals surface area contributed by atoms with Gasteiger partial charge in [-0.2, -0.15) is 0 Å². The first kappa shape index (κ1) is 15.3. The molecule has 2 heterocycles. The van der Waals surface area contributed by atoms with Gasteiger partial charge in [0.1, 0.15) is 12.4 Å². The van der Waals surface area contributed by atoms with E-state index in [0.717, 1.165) is 35.9 Å². The SMILES string of the molecule is C=CC(=C)N(C)c1ccc2c(c1)N(Cc1c[nH]cc1C)CCO2. The molecule has 3 rings (SSSR count). The molecule has 1 aliphatic rings. The summed E-state index contributed by atoms with van der Waals surface area (Å²) in [4.78, 5) is 7.57. The molecule has 1 aromatic heterocycles. The highest BCUT2D eigenvalue weighted by Gasteiger charge is 2.20. The molecule has 0 saturated carbocycles. The van der Waals surface area contributed by atoms with E-state index in [1.54, 1.807) is 6.08 Å². The number of nitrogens with zero attached hydrogens (tertiary/aromatic N) is 2. The number of hydrogen-bond acceptors (Lipinski definition) is 3. The summed E-state index contributed by atoms with van der Waals surface area (Å²) in [7, 11) is 2.00. The maximum atomic E-state index is 5.81. The van der Waals surface area contributed by atoms with Crippen LogP contribution in [0.25, 0.3) is 0 Å². The van der Waals surface area contributed by atoms with Gasteiger partial charge in [0.05, 0.1) is 12.2 Å². The molecule has 2 aromatic rings. The first-order valence-corrected chi connectivity index (χ1v) is 7.79. The molecular formula is C19H23N3O. The zero-order chi connectivity index (χ0) is 16.4. The van der Waals surface area contributed by atoms with Crippen LogP contribution in [0.15, 0.2) is 55.5 Å². The summed E-state index contributed by atoms with van der Waals surface area (Å²) in [6, 6.07) is 6.25. The zero-order valence-corrected chi connectivity index (χ0v) is 13.8. The number of aromatic nitrogens is 1. The second-order valence-corrected chi connectivity index (χ2v) is 5.84. The summed E-state index contributed by atoms with van der Waals surface area (Å²) >= 11 is 0. The first-order chi connectivity index (χ1) is 11.1. The van der Waals surface area contributed by atoms with E-state index in [4.69, 9.17) is 4.74 Å². The van der Waals surface area contributed by atoms with Gasteiger partial charge in [-0.05, 0) is 42.3 Å². The molecule has 1 aromatic carbocycles. The van der Waals surface area contributed by atoms with Gasteiger partial charge in [0, 0.05) is 37.4 Å². The molecule has 4 heteroatoms. The third-order valence-electron chi connectivity index (χ3n) is 4.38. The van der Waals surface area contributed by atoms with Gasteiger partial charge in [-0.1, -0.05) is 13.2 Å². The van der Waals surface area contributed by atoms with E-state index in [9.17, 15) is 0 Å². The molecule has 0 fully saturated rings. The van der Waals surface area contributed by atoms with Crippen LogP contribution < -0.4 is 14.5 Å². The number of H-pyrrole nitrogens is 1. The number of likely N-dealkylation sites (N-methyl/N-ethyl adjacent to an activating group) is 1. The van der Waals surface area contributed by atoms with Gasteiger partial charge < -0.3 is 19.5 Å². The molecule has 120 valence electrons. The van der Waals surface area contributed by atoms with E-state index in [1.165, 1.54) is 11.1 Å². The van der Waals surface area contributed by atoms with Crippen LogP contribution in [0.1, 0.15) is 11.1 Å². The Balaban J connectivity index is 1.91. The molecule has 0 amide bonds. The Hall–Kier alpha value is -2.62. The molecule has 0 aliphatic carbocycles. The number of anilines is 2. The van der Waals surface area contributed by atoms with Crippen molar-refractivity contribution in [3.63, 3.8) is 0 Å². The molecule has 23 heavy (non-hydrogen) atoms. The second kappa shape index (κ2) is 6.24. The summed E-state index contributed by atoms with van der Waals surface area (Å²) in [6.07, 6.45) is 5.87. The van der Waals surface area contributed by atoms with E-state index in [0.29, 0.717) is 6.61 Å². The van der Waals surface area contributed by atoms with Crippen LogP contribution in [-0.4, -0.2) is 25.2 Å². The summed E-state index contributed by atoms with van der Waals surface area (Å²) in [5, 5.41) is 0. The van der Waals surface area contributed by atoms with E-state index >= 15 is 0 Å². The minimum absolute atomic E-state index is 0.713. The Morgan fingerprint density at radius 2 is 2.26 bits per heavy atom. The van der Waals surface area contributed by atoms with Crippen LogP contribution in [0.3, 0.4) is 0 Å². The average Bonchev–Trinajstić information content (AvgIpc) is 2.98. The normalized spacial score (nSPS) is 13.2. The fraction of sp³-hybridized carbons (Fsp3) is 0.263. The van der Waals surface area contributed by atoms with Gasteiger partial charge in [-0.3, -0.25) is 0 Å². The van der Waals surface area contributed by atoms with Gasteiger partial charge in [0.2, 0.25) is 0 Å². The van der Waals surface area contributed by atoms with E-state index in [1.807, 2.05) is 24.2 Å². The van der Waals surface area contributed by atoms with Crippen LogP contribution in [0.5, 0.6) is 5.75 Å². The minimum Gasteiger partial charge on any atom is -0.490 e. The molecule has 0 atom stereocenters. The lowest BCUT2D eigenvalue weighted by Crippen LogP contribution is -2.32. The monoisotopic (exact) mass is 309 g/mol. The predicted molar refractivity (Wildman–Crippen MR) is 96.3 cm³/mol. The molecule has 0 saturated heterocycles. The Kier molecular flexibility index (Phi) is 4.15. The van der Waals surface area contributed by atoms with Crippen molar-refractivity contribution in [2.75, 3.05) is 30.0 Å². The highest BCUT2D eigenvalue weighted by atomic mass is 16.5. The number of ether oxygens (including phenoxy) is 1. The molecule has 1 N–H and O–H groups in total. The molecule has 0 radical (unpaired) electrons. The lowest BCUT2D eigenvalue weighted by molar-refractivity contribution is 0.307. The Morgan fingerprint density at radius 1 is 1.43 bits per heavy atom. The number of rotatable bonds is 5. The topological polar surface area (TPSA) is 31.5 Å². The zero-order valence-electron chi connectivity index (χ0n) is 13.8. The summed E-state index contributed by atoms with van der Waals surface area (Å²) in [5.74, 6) is 0.936. The van der Waals surface area contributed by atoms with Crippen LogP contribution >= 0.6 is 0 Å². The highest BCUT2D eigenvalue weighted by Crippen LogP contribution is 2.36. The summed E-state index contributed by atoms with van der Waals surface area (Å²) in [6.45, 7) is 12.4. The number of aromatic amines is 1. The van der Waals surface area contributed by atoms with Crippen LogP contribution in [-0.2, 0) is 6.54 Å². The number of nitrogens with one attached hydrogen (secondary N) is 1. The van der Waals surface area contributed by atoms with E-state index < -0.39 is 0 Å². The fourth-order valence-corrected chi connectivity index (χ4v) is 2.79. The van der Waals surface area contributed by atoms with Crippen LogP contribution in [0.2, 0.25) is 0 Å². The average molecular weight is 309 g/mol. The standard InChI is InChI=1S/C19H23N3O/c1-5-15(3)21(4)17-6-7-19-18(10-17)22(8-9-23-19)13-16-12-20-11-14(16)2/h5-7,10-12,20H,1,3,8-9,13H2,2,4H3.